The van der Waals surface area contributed by atoms with Gasteiger partial charge < -0.3 is 5.11 Å². The molecule has 1 N–H and O–H groups in total. The predicted octanol–water partition coefficient (Wildman–Crippen LogP) is 5.33. The third-order valence-electron chi connectivity index (χ3n) is 3.74. The zero-order valence-corrected chi connectivity index (χ0v) is 13.1. The van der Waals surface area contributed by atoms with Crippen molar-refractivity contribution in [3.8, 4) is 11.3 Å². The van der Waals surface area contributed by atoms with Crippen molar-refractivity contribution in [1.29, 1.82) is 0 Å². The van der Waals surface area contributed by atoms with E-state index >= 15 is 0 Å². The summed E-state index contributed by atoms with van der Waals surface area (Å²) >= 11 is 6.25. The predicted molar refractivity (Wildman–Crippen MR) is 87.4 cm³/mol. The quantitative estimate of drug-likeness (QED) is 0.501. The van der Waals surface area contributed by atoms with E-state index in [9.17, 15) is 28.8 Å². The van der Waals surface area contributed by atoms with Crippen LogP contribution in [0.5, 0.6) is 0 Å². The van der Waals surface area contributed by atoms with Crippen LogP contribution in [0.4, 0.5) is 19.3 Å². The van der Waals surface area contributed by atoms with Crippen LogP contribution in [-0.2, 0) is 0 Å². The van der Waals surface area contributed by atoms with Gasteiger partial charge in [0.1, 0.15) is 0 Å². The van der Waals surface area contributed by atoms with Gasteiger partial charge in [0.15, 0.2) is 0 Å². The molecule has 6 nitrogen and oxygen atoms in total. The van der Waals surface area contributed by atoms with Crippen molar-refractivity contribution < 1.29 is 23.6 Å². The molecule has 3 aromatic rings. The summed E-state index contributed by atoms with van der Waals surface area (Å²) in [5, 5.41) is 20.6. The van der Waals surface area contributed by atoms with E-state index in [0.717, 1.165) is 6.07 Å². The van der Waals surface area contributed by atoms with Crippen LogP contribution in [-0.4, -0.2) is 20.7 Å². The number of rotatable bonds is 3. The highest BCUT2D eigenvalue weighted by molar-refractivity contribution is 6.39. The molecule has 0 unspecified atom stereocenters. The number of fused-ring (bicyclic) bond motifs is 1. The molecule has 0 aliphatic rings. The lowest BCUT2D eigenvalue weighted by Gasteiger charge is -2.11. The average molecular weight is 367 g/mol. The second-order valence-corrected chi connectivity index (χ2v) is 5.51. The first-order valence-electron chi connectivity index (χ1n) is 6.92. The zero-order valence-electron chi connectivity index (χ0n) is 12.3. The van der Waals surface area contributed by atoms with E-state index < -0.39 is 17.4 Å². The Morgan fingerprint density at radius 1 is 1.24 bits per heavy atom. The number of hydrogen-bond acceptors (Lipinski definition) is 3. The van der Waals surface area contributed by atoms with E-state index in [2.05, 4.69) is 0 Å². The number of aromatic nitrogens is 1. The molecule has 0 radical (unpaired) electrons. The molecule has 0 aliphatic heterocycles. The van der Waals surface area contributed by atoms with Gasteiger partial charge in [-0.25, -0.2) is 18.1 Å². The van der Waals surface area contributed by atoms with E-state index in [-0.39, 0.29) is 38.4 Å². The van der Waals surface area contributed by atoms with Gasteiger partial charge >= 0.3 is 6.09 Å². The molecule has 0 fully saturated rings. The highest BCUT2D eigenvalue weighted by Crippen LogP contribution is 2.41. The number of alkyl halides is 2. The number of non-ortho nitro benzene ring substituents is 1. The Kier molecular flexibility index (Phi) is 4.13. The maximum atomic E-state index is 13.3. The number of carbonyl (C=O) groups is 1. The molecule has 1 heterocycles. The molecule has 0 aliphatic carbocycles. The Morgan fingerprint density at radius 3 is 2.52 bits per heavy atom. The zero-order chi connectivity index (χ0) is 18.3. The molecule has 128 valence electrons. The number of benzene rings is 2. The molecule has 2 aromatic carbocycles. The fourth-order valence-electron chi connectivity index (χ4n) is 2.69. The van der Waals surface area contributed by atoms with Crippen LogP contribution >= 0.6 is 11.6 Å². The molecule has 0 saturated carbocycles. The Morgan fingerprint density at radius 2 is 1.92 bits per heavy atom. The topological polar surface area (TPSA) is 85.4 Å². The highest BCUT2D eigenvalue weighted by Gasteiger charge is 2.26. The molecule has 0 spiro atoms. The van der Waals surface area contributed by atoms with Crippen molar-refractivity contribution in [2.24, 2.45) is 0 Å². The summed E-state index contributed by atoms with van der Waals surface area (Å²) in [4.78, 5) is 22.0. The third kappa shape index (κ3) is 2.70. The molecule has 0 amide bonds. The number of nitrogens with zero attached hydrogens (tertiary/aromatic N) is 2. The first kappa shape index (κ1) is 16.8. The molecular formula is C16H9ClF2N2O4. The second kappa shape index (κ2) is 6.14. The largest absolute Gasteiger partial charge is 0.464 e. The lowest BCUT2D eigenvalue weighted by molar-refractivity contribution is -0.384. The molecule has 0 saturated heterocycles. The minimum absolute atomic E-state index is 0.0502. The van der Waals surface area contributed by atoms with Crippen LogP contribution in [0.2, 0.25) is 5.02 Å². The van der Waals surface area contributed by atoms with Crippen LogP contribution in [0, 0.1) is 10.1 Å². The van der Waals surface area contributed by atoms with E-state index in [1.54, 1.807) is 0 Å². The van der Waals surface area contributed by atoms with Crippen molar-refractivity contribution in [3.63, 3.8) is 0 Å². The van der Waals surface area contributed by atoms with E-state index in [4.69, 9.17) is 11.6 Å². The first-order valence-corrected chi connectivity index (χ1v) is 7.29. The molecule has 1 aromatic heterocycles. The minimum atomic E-state index is -2.85. The molecule has 0 bridgehead atoms. The number of halogens is 3. The van der Waals surface area contributed by atoms with Crippen LogP contribution in [0.25, 0.3) is 22.2 Å². The fraction of sp³-hybridized carbons (Fsp3) is 0.0625. The van der Waals surface area contributed by atoms with Crippen molar-refractivity contribution in [1.82, 2.24) is 4.57 Å². The van der Waals surface area contributed by atoms with E-state index in [1.165, 1.54) is 36.4 Å². The van der Waals surface area contributed by atoms with Gasteiger partial charge in [-0.3, -0.25) is 10.1 Å². The second-order valence-electron chi connectivity index (χ2n) is 5.13. The van der Waals surface area contributed by atoms with Gasteiger partial charge in [0.05, 0.1) is 21.2 Å². The maximum Gasteiger partial charge on any atom is 0.416 e. The van der Waals surface area contributed by atoms with Crippen molar-refractivity contribution in [3.05, 3.63) is 63.2 Å². The number of hydrogen-bond donors (Lipinski definition) is 1. The normalized spacial score (nSPS) is 11.2. The Bertz CT molecular complexity index is 1020. The fourth-order valence-corrected chi connectivity index (χ4v) is 3.04. The highest BCUT2D eigenvalue weighted by atomic mass is 35.5. The van der Waals surface area contributed by atoms with Gasteiger partial charge in [0.25, 0.3) is 12.1 Å². The van der Waals surface area contributed by atoms with Gasteiger partial charge in [0.2, 0.25) is 0 Å². The van der Waals surface area contributed by atoms with E-state index in [0.29, 0.717) is 4.57 Å². The molecule has 3 rings (SSSR count). The summed E-state index contributed by atoms with van der Waals surface area (Å²) < 4.78 is 27.3. The lowest BCUT2D eigenvalue weighted by atomic mass is 10.0. The molecular weight excluding hydrogens is 358 g/mol. The number of carboxylic acid groups (broad SMARTS) is 1. The van der Waals surface area contributed by atoms with Gasteiger partial charge in [0, 0.05) is 28.6 Å². The van der Waals surface area contributed by atoms with Crippen molar-refractivity contribution in [2.45, 2.75) is 6.43 Å². The third-order valence-corrected chi connectivity index (χ3v) is 4.13. The van der Waals surface area contributed by atoms with Crippen LogP contribution in [0.1, 0.15) is 12.0 Å². The Hall–Kier alpha value is -3.00. The summed E-state index contributed by atoms with van der Waals surface area (Å²) in [6, 6.07) is 8.89. The molecule has 9 heteroatoms. The number of nitro benzene ring substituents is 1. The van der Waals surface area contributed by atoms with Gasteiger partial charge in [-0.2, -0.15) is 0 Å². The summed E-state index contributed by atoms with van der Waals surface area (Å²) in [5.74, 6) is 0. The smallest absolute Gasteiger partial charge is 0.416 e. The van der Waals surface area contributed by atoms with Gasteiger partial charge in [-0.1, -0.05) is 35.9 Å². The summed E-state index contributed by atoms with van der Waals surface area (Å²) in [6.07, 6.45) is -4.33. The van der Waals surface area contributed by atoms with Gasteiger partial charge in [-0.05, 0) is 6.07 Å². The SMILES string of the molecule is O=C(O)n1c(-c2ccccc2C(F)F)c(Cl)c2ccc([N+](=O)[O-])cc21. The van der Waals surface area contributed by atoms with Crippen LogP contribution in [0.3, 0.4) is 0 Å². The monoisotopic (exact) mass is 366 g/mol. The van der Waals surface area contributed by atoms with Crippen molar-refractivity contribution in [2.75, 3.05) is 0 Å². The summed E-state index contributed by atoms with van der Waals surface area (Å²) in [5.41, 5.74) is -0.975. The van der Waals surface area contributed by atoms with Crippen LogP contribution < -0.4 is 0 Å². The maximum absolute atomic E-state index is 13.3. The summed E-state index contributed by atoms with van der Waals surface area (Å²) in [6.45, 7) is 0. The number of nitro groups is 1. The Labute approximate surface area is 144 Å². The first-order chi connectivity index (χ1) is 11.8. The molecule has 25 heavy (non-hydrogen) atoms. The average Bonchev–Trinajstić information content (AvgIpc) is 2.87. The lowest BCUT2D eigenvalue weighted by Crippen LogP contribution is -2.10. The van der Waals surface area contributed by atoms with Crippen LogP contribution in [0.15, 0.2) is 42.5 Å². The van der Waals surface area contributed by atoms with Crippen molar-refractivity contribution >= 4 is 34.3 Å². The van der Waals surface area contributed by atoms with Gasteiger partial charge in [-0.15, -0.1) is 0 Å². The minimum Gasteiger partial charge on any atom is -0.464 e. The standard InChI is InChI=1S/C16H9ClF2N2O4/c17-13-11-6-5-8(21(24)25)7-12(11)20(16(22)23)14(13)9-3-1-2-4-10(9)15(18)19/h1-7,15H,(H,22,23). The van der Waals surface area contributed by atoms with E-state index in [1.807, 2.05) is 0 Å². The summed E-state index contributed by atoms with van der Waals surface area (Å²) in [7, 11) is 0. The Balaban J connectivity index is 2.44. The molecule has 0 atom stereocenters.